The average Bonchev–Trinajstić information content (AvgIpc) is 2.08. The Labute approximate surface area is 84.9 Å². The van der Waals surface area contributed by atoms with Gasteiger partial charge in [0.15, 0.2) is 9.76 Å². The first kappa shape index (κ1) is 13.9. The average molecular weight is 229 g/mol. The van der Waals surface area contributed by atoms with Gasteiger partial charge in [0, 0.05) is 13.0 Å². The largest absolute Gasteiger partial charge is 0.424 e. The third-order valence-corrected chi connectivity index (χ3v) is 3.11. The first-order chi connectivity index (χ1) is 6.56. The Morgan fingerprint density at radius 3 is 2.43 bits per heavy atom. The SMILES string of the molecule is NCCC[SiH2]OCCCCC(F)(F)F. The predicted octanol–water partition coefficient (Wildman–Crippen LogP) is 1.59. The zero-order chi connectivity index (χ0) is 10.9. The van der Waals surface area contributed by atoms with Crippen LogP contribution in [0.4, 0.5) is 13.2 Å². The molecule has 6 heteroatoms. The van der Waals surface area contributed by atoms with E-state index < -0.39 is 22.4 Å². The lowest BCUT2D eigenvalue weighted by molar-refractivity contribution is -0.135. The minimum absolute atomic E-state index is 0.175. The molecule has 0 aromatic rings. The highest BCUT2D eigenvalue weighted by Crippen LogP contribution is 2.21. The molecule has 0 radical (unpaired) electrons. The van der Waals surface area contributed by atoms with Gasteiger partial charge in [0.25, 0.3) is 0 Å². The molecule has 0 aromatic heterocycles. The van der Waals surface area contributed by atoms with Gasteiger partial charge in [-0.25, -0.2) is 0 Å². The van der Waals surface area contributed by atoms with E-state index in [1.807, 2.05) is 0 Å². The summed E-state index contributed by atoms with van der Waals surface area (Å²) in [5, 5.41) is 0. The number of hydrogen-bond acceptors (Lipinski definition) is 2. The summed E-state index contributed by atoms with van der Waals surface area (Å²) in [6.07, 6.45) is -3.06. The molecule has 0 amide bonds. The molecule has 0 saturated carbocycles. The molecule has 0 heterocycles. The van der Waals surface area contributed by atoms with E-state index in [1.54, 1.807) is 0 Å². The van der Waals surface area contributed by atoms with E-state index in [9.17, 15) is 13.2 Å². The molecule has 0 bridgehead atoms. The number of hydrogen-bond donors (Lipinski definition) is 1. The van der Waals surface area contributed by atoms with Crippen LogP contribution < -0.4 is 5.73 Å². The van der Waals surface area contributed by atoms with Crippen molar-refractivity contribution in [3.8, 4) is 0 Å². The summed E-state index contributed by atoms with van der Waals surface area (Å²) in [5.74, 6) is 0. The first-order valence-corrected chi connectivity index (χ1v) is 6.48. The number of alkyl halides is 3. The molecule has 0 rings (SSSR count). The van der Waals surface area contributed by atoms with Crippen molar-refractivity contribution in [3.05, 3.63) is 0 Å². The third-order valence-electron chi connectivity index (χ3n) is 1.74. The van der Waals surface area contributed by atoms with Crippen molar-refractivity contribution in [2.45, 2.75) is 37.9 Å². The molecule has 0 aliphatic rings. The van der Waals surface area contributed by atoms with E-state index in [2.05, 4.69) is 0 Å². The molecular weight excluding hydrogens is 211 g/mol. The molecule has 0 saturated heterocycles. The fourth-order valence-electron chi connectivity index (χ4n) is 0.980. The van der Waals surface area contributed by atoms with Crippen molar-refractivity contribution in [2.24, 2.45) is 5.73 Å². The Kier molecular flexibility index (Phi) is 8.21. The van der Waals surface area contributed by atoms with Crippen molar-refractivity contribution in [1.29, 1.82) is 0 Å². The topological polar surface area (TPSA) is 35.2 Å². The second-order valence-electron chi connectivity index (χ2n) is 3.18. The molecular formula is C8H18F3NOSi. The lowest BCUT2D eigenvalue weighted by atomic mass is 10.2. The summed E-state index contributed by atoms with van der Waals surface area (Å²) in [4.78, 5) is 0. The van der Waals surface area contributed by atoms with Gasteiger partial charge < -0.3 is 10.2 Å². The molecule has 0 spiro atoms. The third kappa shape index (κ3) is 11.9. The van der Waals surface area contributed by atoms with Crippen LogP contribution in [0.25, 0.3) is 0 Å². The molecule has 0 unspecified atom stereocenters. The van der Waals surface area contributed by atoms with Crippen molar-refractivity contribution in [3.63, 3.8) is 0 Å². The van der Waals surface area contributed by atoms with Crippen LogP contribution in [0.5, 0.6) is 0 Å². The molecule has 0 fully saturated rings. The van der Waals surface area contributed by atoms with Gasteiger partial charge in [-0.15, -0.1) is 0 Å². The molecule has 86 valence electrons. The summed E-state index contributed by atoms with van der Waals surface area (Å²) in [6, 6.07) is 1.02. The monoisotopic (exact) mass is 229 g/mol. The van der Waals surface area contributed by atoms with Gasteiger partial charge in [0.2, 0.25) is 0 Å². The predicted molar refractivity (Wildman–Crippen MR) is 52.9 cm³/mol. The number of rotatable bonds is 8. The molecule has 0 atom stereocenters. The van der Waals surface area contributed by atoms with E-state index in [4.69, 9.17) is 10.2 Å². The lowest BCUT2D eigenvalue weighted by Crippen LogP contribution is -2.08. The zero-order valence-corrected chi connectivity index (χ0v) is 9.69. The van der Waals surface area contributed by atoms with Crippen LogP contribution in [0.15, 0.2) is 0 Å². The maximum absolute atomic E-state index is 11.7. The van der Waals surface area contributed by atoms with Gasteiger partial charge in [-0.3, -0.25) is 0 Å². The number of halogens is 3. The summed E-state index contributed by atoms with van der Waals surface area (Å²) in [5.41, 5.74) is 5.28. The van der Waals surface area contributed by atoms with E-state index in [1.165, 1.54) is 0 Å². The Hall–Kier alpha value is -0.0731. The van der Waals surface area contributed by atoms with E-state index >= 15 is 0 Å². The quantitative estimate of drug-likeness (QED) is 0.506. The molecule has 2 nitrogen and oxygen atoms in total. The van der Waals surface area contributed by atoms with Gasteiger partial charge in [0.05, 0.1) is 0 Å². The fourth-order valence-corrected chi connectivity index (χ4v) is 2.09. The maximum Gasteiger partial charge on any atom is 0.389 e. The second-order valence-corrected chi connectivity index (χ2v) is 4.70. The van der Waals surface area contributed by atoms with Crippen molar-refractivity contribution < 1.29 is 17.6 Å². The number of unbranched alkanes of at least 4 members (excludes halogenated alkanes) is 1. The van der Waals surface area contributed by atoms with Crippen LogP contribution in [0.1, 0.15) is 25.7 Å². The van der Waals surface area contributed by atoms with Crippen LogP contribution in [-0.4, -0.2) is 29.1 Å². The Morgan fingerprint density at radius 2 is 1.86 bits per heavy atom. The van der Waals surface area contributed by atoms with Gasteiger partial charge in [-0.2, -0.15) is 13.2 Å². The highest BCUT2D eigenvalue weighted by Gasteiger charge is 2.25. The summed E-state index contributed by atoms with van der Waals surface area (Å²) >= 11 is 0. The van der Waals surface area contributed by atoms with Crippen molar-refractivity contribution >= 4 is 9.76 Å². The van der Waals surface area contributed by atoms with E-state index in [0.29, 0.717) is 19.6 Å². The molecule has 14 heavy (non-hydrogen) atoms. The van der Waals surface area contributed by atoms with Gasteiger partial charge in [-0.05, 0) is 31.9 Å². The van der Waals surface area contributed by atoms with Crippen LogP contribution >= 0.6 is 0 Å². The van der Waals surface area contributed by atoms with Crippen molar-refractivity contribution in [2.75, 3.05) is 13.2 Å². The van der Waals surface area contributed by atoms with Crippen LogP contribution in [-0.2, 0) is 4.43 Å². The van der Waals surface area contributed by atoms with Crippen LogP contribution in [0.3, 0.4) is 0 Å². The molecule has 2 N–H and O–H groups in total. The van der Waals surface area contributed by atoms with Crippen LogP contribution in [0, 0.1) is 0 Å². The fraction of sp³-hybridized carbons (Fsp3) is 1.00. The van der Waals surface area contributed by atoms with Crippen LogP contribution in [0.2, 0.25) is 6.04 Å². The lowest BCUT2D eigenvalue weighted by Gasteiger charge is -2.06. The maximum atomic E-state index is 11.7. The van der Waals surface area contributed by atoms with E-state index in [-0.39, 0.29) is 6.42 Å². The normalized spacial score (nSPS) is 12.9. The Balaban J connectivity index is 2.99. The van der Waals surface area contributed by atoms with Gasteiger partial charge in [0.1, 0.15) is 0 Å². The van der Waals surface area contributed by atoms with Gasteiger partial charge in [-0.1, -0.05) is 0 Å². The minimum atomic E-state index is -4.02. The van der Waals surface area contributed by atoms with E-state index in [0.717, 1.165) is 12.5 Å². The Morgan fingerprint density at radius 1 is 1.14 bits per heavy atom. The highest BCUT2D eigenvalue weighted by atomic mass is 28.2. The smallest absolute Gasteiger partial charge is 0.389 e. The first-order valence-electron chi connectivity index (χ1n) is 4.91. The molecule has 0 aliphatic carbocycles. The zero-order valence-electron chi connectivity index (χ0n) is 8.28. The highest BCUT2D eigenvalue weighted by molar-refractivity contribution is 6.26. The number of nitrogens with two attached hydrogens (primary N) is 1. The molecule has 0 aliphatic heterocycles. The Bertz CT molecular complexity index is 132. The summed E-state index contributed by atoms with van der Waals surface area (Å²) in [7, 11) is -0.523. The second kappa shape index (κ2) is 8.25. The summed E-state index contributed by atoms with van der Waals surface area (Å²) in [6.45, 7) is 1.15. The van der Waals surface area contributed by atoms with Gasteiger partial charge >= 0.3 is 6.18 Å². The minimum Gasteiger partial charge on any atom is -0.424 e. The summed E-state index contributed by atoms with van der Waals surface area (Å²) < 4.78 is 40.3. The molecule has 0 aromatic carbocycles. The van der Waals surface area contributed by atoms with Crippen molar-refractivity contribution in [1.82, 2.24) is 0 Å². The standard InChI is InChI=1S/C8H18F3NOSi/c9-8(10,11)4-1-2-6-13-14-7-3-5-12/h1-7,12,14H2.